The second-order valence-corrected chi connectivity index (χ2v) is 6.12. The van der Waals surface area contributed by atoms with Gasteiger partial charge in [0.25, 0.3) is 10.0 Å². The quantitative estimate of drug-likeness (QED) is 0.598. The maximum atomic E-state index is 12.1. The lowest BCUT2D eigenvalue weighted by Gasteiger charge is -2.12. The van der Waals surface area contributed by atoms with Crippen LogP contribution in [0.4, 0.5) is 0 Å². The summed E-state index contributed by atoms with van der Waals surface area (Å²) in [5.74, 6) is 0.111. The Bertz CT molecular complexity index is 472. The van der Waals surface area contributed by atoms with Gasteiger partial charge in [0.2, 0.25) is 0 Å². The van der Waals surface area contributed by atoms with E-state index in [2.05, 4.69) is 20.2 Å². The van der Waals surface area contributed by atoms with E-state index in [1.165, 1.54) is 6.20 Å². The van der Waals surface area contributed by atoms with Crippen molar-refractivity contribution in [2.45, 2.75) is 25.4 Å². The molecule has 1 atom stereocenters. The zero-order valence-electron chi connectivity index (χ0n) is 11.6. The molecule has 1 heterocycles. The summed E-state index contributed by atoms with van der Waals surface area (Å²) in [6.07, 6.45) is 1.52. The van der Waals surface area contributed by atoms with Crippen LogP contribution in [0.2, 0.25) is 0 Å². The maximum Gasteiger partial charge on any atom is 0.257 e. The highest BCUT2D eigenvalue weighted by Gasteiger charge is 2.20. The summed E-state index contributed by atoms with van der Waals surface area (Å²) in [5.41, 5.74) is 0.633. The standard InChI is InChI=1S/C11H22N4O3S/c1-4-12-6-10-7-13-15-11(10)19(16,17)14-5-9(2)8-18-3/h7,9,12,14H,4-6,8H2,1-3H3,(H,13,15). The van der Waals surface area contributed by atoms with E-state index in [4.69, 9.17) is 4.74 Å². The minimum absolute atomic E-state index is 0.111. The van der Waals surface area contributed by atoms with Crippen molar-refractivity contribution in [1.29, 1.82) is 0 Å². The van der Waals surface area contributed by atoms with Crippen molar-refractivity contribution in [3.8, 4) is 0 Å². The molecule has 1 rings (SSSR count). The highest BCUT2D eigenvalue weighted by atomic mass is 32.2. The predicted octanol–water partition coefficient (Wildman–Crippen LogP) is 0.0800. The van der Waals surface area contributed by atoms with Crippen molar-refractivity contribution in [2.24, 2.45) is 5.92 Å². The first-order chi connectivity index (χ1) is 9.01. The molecule has 1 unspecified atom stereocenters. The molecule has 0 amide bonds. The molecular formula is C11H22N4O3S. The maximum absolute atomic E-state index is 12.1. The lowest BCUT2D eigenvalue weighted by molar-refractivity contribution is 0.161. The average Bonchev–Trinajstić information content (AvgIpc) is 2.83. The van der Waals surface area contributed by atoms with Crippen molar-refractivity contribution in [3.63, 3.8) is 0 Å². The number of sulfonamides is 1. The molecular weight excluding hydrogens is 268 g/mol. The molecule has 0 spiro atoms. The Morgan fingerprint density at radius 2 is 2.26 bits per heavy atom. The van der Waals surface area contributed by atoms with Crippen LogP contribution in [0.15, 0.2) is 11.2 Å². The summed E-state index contributed by atoms with van der Waals surface area (Å²) in [4.78, 5) is 0. The third kappa shape index (κ3) is 4.90. The van der Waals surface area contributed by atoms with Crippen molar-refractivity contribution in [3.05, 3.63) is 11.8 Å². The Kier molecular flexibility index (Phi) is 6.43. The zero-order chi connectivity index (χ0) is 14.3. The Labute approximate surface area is 114 Å². The monoisotopic (exact) mass is 290 g/mol. The smallest absolute Gasteiger partial charge is 0.257 e. The van der Waals surface area contributed by atoms with Crippen LogP contribution in [0, 0.1) is 5.92 Å². The third-order valence-corrected chi connectivity index (χ3v) is 4.02. The summed E-state index contributed by atoms with van der Waals surface area (Å²) >= 11 is 0. The Balaban J connectivity index is 2.69. The fourth-order valence-corrected chi connectivity index (χ4v) is 2.88. The van der Waals surface area contributed by atoms with Crippen molar-refractivity contribution in [2.75, 3.05) is 26.8 Å². The Hall–Kier alpha value is -0.960. The number of aromatic nitrogens is 2. The van der Waals surface area contributed by atoms with Gasteiger partial charge in [-0.15, -0.1) is 0 Å². The molecule has 19 heavy (non-hydrogen) atoms. The molecule has 0 aliphatic carbocycles. The van der Waals surface area contributed by atoms with Crippen LogP contribution in [0.5, 0.6) is 0 Å². The van der Waals surface area contributed by atoms with Crippen LogP contribution in [-0.4, -0.2) is 45.4 Å². The molecule has 8 heteroatoms. The van der Waals surface area contributed by atoms with Gasteiger partial charge in [-0.1, -0.05) is 13.8 Å². The second kappa shape index (κ2) is 7.59. The van der Waals surface area contributed by atoms with Crippen LogP contribution in [0.1, 0.15) is 19.4 Å². The van der Waals surface area contributed by atoms with Gasteiger partial charge in [-0.2, -0.15) is 5.10 Å². The zero-order valence-corrected chi connectivity index (χ0v) is 12.4. The summed E-state index contributed by atoms with van der Waals surface area (Å²) in [6, 6.07) is 0. The van der Waals surface area contributed by atoms with E-state index < -0.39 is 10.0 Å². The second-order valence-electron chi connectivity index (χ2n) is 4.42. The molecule has 3 N–H and O–H groups in total. The highest BCUT2D eigenvalue weighted by molar-refractivity contribution is 7.89. The lowest BCUT2D eigenvalue weighted by atomic mass is 10.2. The minimum Gasteiger partial charge on any atom is -0.384 e. The van der Waals surface area contributed by atoms with Crippen LogP contribution < -0.4 is 10.0 Å². The van der Waals surface area contributed by atoms with Gasteiger partial charge in [0.1, 0.15) is 0 Å². The van der Waals surface area contributed by atoms with E-state index in [0.29, 0.717) is 25.3 Å². The largest absolute Gasteiger partial charge is 0.384 e. The molecule has 0 radical (unpaired) electrons. The fourth-order valence-electron chi connectivity index (χ4n) is 1.59. The normalized spacial score (nSPS) is 13.6. The van der Waals surface area contributed by atoms with E-state index in [9.17, 15) is 8.42 Å². The third-order valence-electron chi connectivity index (χ3n) is 2.59. The van der Waals surface area contributed by atoms with Crippen LogP contribution in [-0.2, 0) is 21.3 Å². The molecule has 0 aliphatic rings. The molecule has 7 nitrogen and oxygen atoms in total. The lowest BCUT2D eigenvalue weighted by Crippen LogP contribution is -2.31. The van der Waals surface area contributed by atoms with E-state index in [1.807, 2.05) is 13.8 Å². The fraction of sp³-hybridized carbons (Fsp3) is 0.727. The SMILES string of the molecule is CCNCc1cn[nH]c1S(=O)(=O)NCC(C)COC. The Morgan fingerprint density at radius 1 is 1.53 bits per heavy atom. The van der Waals surface area contributed by atoms with Crippen molar-refractivity contribution < 1.29 is 13.2 Å². The molecule has 0 aromatic carbocycles. The van der Waals surface area contributed by atoms with E-state index >= 15 is 0 Å². The molecule has 1 aromatic heterocycles. The van der Waals surface area contributed by atoms with Gasteiger partial charge in [0.05, 0.1) is 6.20 Å². The van der Waals surface area contributed by atoms with Crippen LogP contribution >= 0.6 is 0 Å². The van der Waals surface area contributed by atoms with Gasteiger partial charge in [0, 0.05) is 32.4 Å². The van der Waals surface area contributed by atoms with Gasteiger partial charge < -0.3 is 10.1 Å². The number of methoxy groups -OCH3 is 1. The molecule has 1 aromatic rings. The number of nitrogens with zero attached hydrogens (tertiary/aromatic N) is 1. The van der Waals surface area contributed by atoms with Crippen LogP contribution in [0.25, 0.3) is 0 Å². The molecule has 0 saturated heterocycles. The van der Waals surface area contributed by atoms with Gasteiger partial charge in [-0.05, 0) is 12.5 Å². The van der Waals surface area contributed by atoms with E-state index in [0.717, 1.165) is 6.54 Å². The van der Waals surface area contributed by atoms with Gasteiger partial charge in [0.15, 0.2) is 5.03 Å². The molecule has 0 aliphatic heterocycles. The summed E-state index contributed by atoms with van der Waals surface area (Å²) in [6.45, 7) is 5.95. The summed E-state index contributed by atoms with van der Waals surface area (Å²) < 4.78 is 31.8. The first kappa shape index (κ1) is 16.1. The number of rotatable bonds is 9. The van der Waals surface area contributed by atoms with Crippen molar-refractivity contribution in [1.82, 2.24) is 20.2 Å². The van der Waals surface area contributed by atoms with Gasteiger partial charge in [-0.3, -0.25) is 5.10 Å². The Morgan fingerprint density at radius 3 is 2.89 bits per heavy atom. The topological polar surface area (TPSA) is 96.1 Å². The molecule has 0 saturated carbocycles. The highest BCUT2D eigenvalue weighted by Crippen LogP contribution is 2.11. The number of H-pyrrole nitrogens is 1. The van der Waals surface area contributed by atoms with Crippen molar-refractivity contribution >= 4 is 10.0 Å². The molecule has 0 bridgehead atoms. The average molecular weight is 290 g/mol. The summed E-state index contributed by atoms with van der Waals surface area (Å²) in [7, 11) is -1.96. The van der Waals surface area contributed by atoms with Crippen LogP contribution in [0.3, 0.4) is 0 Å². The van der Waals surface area contributed by atoms with Gasteiger partial charge in [-0.25, -0.2) is 13.1 Å². The number of aromatic amines is 1. The van der Waals surface area contributed by atoms with Gasteiger partial charge >= 0.3 is 0 Å². The summed E-state index contributed by atoms with van der Waals surface area (Å²) in [5, 5.41) is 9.53. The predicted molar refractivity (Wildman–Crippen MR) is 72.2 cm³/mol. The first-order valence-corrected chi connectivity index (χ1v) is 7.71. The number of hydrogen-bond donors (Lipinski definition) is 3. The number of ether oxygens (including phenoxy) is 1. The van der Waals surface area contributed by atoms with E-state index in [1.54, 1.807) is 7.11 Å². The van der Waals surface area contributed by atoms with E-state index in [-0.39, 0.29) is 10.9 Å². The molecule has 110 valence electrons. The number of nitrogens with one attached hydrogen (secondary N) is 3. The first-order valence-electron chi connectivity index (χ1n) is 6.22. The minimum atomic E-state index is -3.56. The number of hydrogen-bond acceptors (Lipinski definition) is 5. The molecule has 0 fully saturated rings.